The van der Waals surface area contributed by atoms with Crippen LogP contribution in [0.4, 0.5) is 14.5 Å². The fourth-order valence-electron chi connectivity index (χ4n) is 4.84. The van der Waals surface area contributed by atoms with E-state index in [-0.39, 0.29) is 41.8 Å². The number of amides is 1. The third-order valence-electron chi connectivity index (χ3n) is 6.64. The van der Waals surface area contributed by atoms with Crippen molar-refractivity contribution in [2.75, 3.05) is 18.5 Å². The van der Waals surface area contributed by atoms with Gasteiger partial charge in [0.1, 0.15) is 35.3 Å². The minimum Gasteiger partial charge on any atom is -0.491 e. The average molecular weight is 575 g/mol. The van der Waals surface area contributed by atoms with E-state index in [2.05, 4.69) is 5.32 Å². The third kappa shape index (κ3) is 5.61. The van der Waals surface area contributed by atoms with Crippen LogP contribution in [-0.4, -0.2) is 28.8 Å². The molecule has 5 rings (SSSR count). The molecule has 0 fully saturated rings. The molecular weight excluding hydrogens is 546 g/mol. The van der Waals surface area contributed by atoms with Crippen molar-refractivity contribution in [2.24, 2.45) is 7.05 Å². The monoisotopic (exact) mass is 574 g/mol. The van der Waals surface area contributed by atoms with Crippen LogP contribution < -0.4 is 20.3 Å². The van der Waals surface area contributed by atoms with E-state index in [0.717, 1.165) is 17.2 Å². The molecule has 0 saturated carbocycles. The van der Waals surface area contributed by atoms with E-state index in [9.17, 15) is 18.4 Å². The van der Waals surface area contributed by atoms with Crippen molar-refractivity contribution in [3.63, 3.8) is 0 Å². The lowest BCUT2D eigenvalue weighted by molar-refractivity contribution is -0.114. The number of aliphatic hydroxyl groups excluding tert-OH is 1. The number of hydrogen-bond donors (Lipinski definition) is 2. The SMILES string of the molecule is CC(=O)Nc1ccc(Oc2ccc(F)cc2F)c(-c2cn(C)c(=O)c3cc(-c4cc(C)c(OCCO)c(C)c4)oc23)c1. The number of anilines is 1. The quantitative estimate of drug-likeness (QED) is 0.220. The molecule has 0 unspecified atom stereocenters. The van der Waals surface area contributed by atoms with Crippen LogP contribution in [0.15, 0.2) is 70.0 Å². The highest BCUT2D eigenvalue weighted by Crippen LogP contribution is 2.41. The Balaban J connectivity index is 1.70. The van der Waals surface area contributed by atoms with Crippen LogP contribution >= 0.6 is 0 Å². The van der Waals surface area contributed by atoms with Crippen LogP contribution in [0.25, 0.3) is 33.4 Å². The molecule has 2 heterocycles. The molecule has 0 bridgehead atoms. The summed E-state index contributed by atoms with van der Waals surface area (Å²) >= 11 is 0. The second kappa shape index (κ2) is 11.5. The van der Waals surface area contributed by atoms with E-state index in [4.69, 9.17) is 19.0 Å². The number of rotatable bonds is 8. The maximum atomic E-state index is 14.5. The van der Waals surface area contributed by atoms with E-state index in [0.29, 0.717) is 45.3 Å². The molecule has 0 aliphatic carbocycles. The number of nitrogens with one attached hydrogen (secondary N) is 1. The first-order valence-electron chi connectivity index (χ1n) is 13.1. The number of furan rings is 1. The Morgan fingerprint density at radius 1 is 1.00 bits per heavy atom. The molecule has 216 valence electrons. The topological polar surface area (TPSA) is 103 Å². The first kappa shape index (κ1) is 28.6. The van der Waals surface area contributed by atoms with E-state index in [1.165, 1.54) is 17.6 Å². The molecule has 0 radical (unpaired) electrons. The Kier molecular flexibility index (Phi) is 7.82. The van der Waals surface area contributed by atoms with Crippen molar-refractivity contribution in [1.82, 2.24) is 4.57 Å². The summed E-state index contributed by atoms with van der Waals surface area (Å²) in [5.41, 5.74) is 3.59. The summed E-state index contributed by atoms with van der Waals surface area (Å²) in [5.74, 6) is -0.880. The number of aliphatic hydroxyl groups is 1. The first-order chi connectivity index (χ1) is 20.0. The predicted molar refractivity (Wildman–Crippen MR) is 155 cm³/mol. The molecule has 0 saturated heterocycles. The van der Waals surface area contributed by atoms with Crippen molar-refractivity contribution in [1.29, 1.82) is 0 Å². The molecule has 0 aliphatic rings. The van der Waals surface area contributed by atoms with E-state index in [1.807, 2.05) is 26.0 Å². The fourth-order valence-corrected chi connectivity index (χ4v) is 4.84. The summed E-state index contributed by atoms with van der Waals surface area (Å²) in [4.78, 5) is 25.0. The minimum atomic E-state index is -0.894. The number of hydrogen-bond acceptors (Lipinski definition) is 6. The molecule has 1 amide bonds. The number of pyridine rings is 1. The maximum Gasteiger partial charge on any atom is 0.261 e. The van der Waals surface area contributed by atoms with Crippen molar-refractivity contribution < 1.29 is 32.6 Å². The van der Waals surface area contributed by atoms with Gasteiger partial charge in [0.2, 0.25) is 5.91 Å². The molecule has 2 N–H and O–H groups in total. The zero-order valence-electron chi connectivity index (χ0n) is 23.4. The molecule has 42 heavy (non-hydrogen) atoms. The van der Waals surface area contributed by atoms with Crippen LogP contribution in [0.1, 0.15) is 18.1 Å². The summed E-state index contributed by atoms with van der Waals surface area (Å²) in [5, 5.41) is 12.2. The van der Waals surface area contributed by atoms with Gasteiger partial charge in [-0.2, -0.15) is 0 Å². The molecule has 0 aliphatic heterocycles. The van der Waals surface area contributed by atoms with Gasteiger partial charge in [-0.25, -0.2) is 8.78 Å². The predicted octanol–water partition coefficient (Wildman–Crippen LogP) is 6.48. The molecule has 2 aromatic heterocycles. The van der Waals surface area contributed by atoms with Gasteiger partial charge in [0.05, 0.1) is 12.0 Å². The van der Waals surface area contributed by atoms with Crippen LogP contribution in [0.5, 0.6) is 17.2 Å². The lowest BCUT2D eigenvalue weighted by Crippen LogP contribution is -2.15. The Labute approximate surface area is 239 Å². The van der Waals surface area contributed by atoms with Gasteiger partial charge in [-0.15, -0.1) is 0 Å². The summed E-state index contributed by atoms with van der Waals surface area (Å²) in [7, 11) is 1.59. The highest BCUT2D eigenvalue weighted by Gasteiger charge is 2.21. The van der Waals surface area contributed by atoms with Crippen LogP contribution in [0.3, 0.4) is 0 Å². The fraction of sp³-hybridized carbons (Fsp3) is 0.188. The Morgan fingerprint density at radius 3 is 2.38 bits per heavy atom. The minimum absolute atomic E-state index is 0.112. The zero-order chi connectivity index (χ0) is 30.1. The molecule has 10 heteroatoms. The van der Waals surface area contributed by atoms with Gasteiger partial charge in [-0.05, 0) is 73.5 Å². The third-order valence-corrected chi connectivity index (χ3v) is 6.64. The average Bonchev–Trinajstić information content (AvgIpc) is 3.38. The number of halogens is 2. The number of ether oxygens (including phenoxy) is 2. The Morgan fingerprint density at radius 2 is 1.71 bits per heavy atom. The Hall–Kier alpha value is -4.96. The normalized spacial score (nSPS) is 11.1. The number of carbonyl (C=O) groups is 1. The largest absolute Gasteiger partial charge is 0.491 e. The standard InChI is InChI=1S/C32H28F2N2O6/c1-17-11-20(12-18(2)30(17)40-10-9-37)29-15-24-31(42-29)25(16-36(4)32(24)39)23-14-22(35-19(3)38)6-8-27(23)41-28-7-5-21(33)13-26(28)34/h5-8,11-16,37H,9-10H2,1-4H3,(H,35,38). The van der Waals surface area contributed by atoms with Gasteiger partial charge in [0, 0.05) is 48.6 Å². The number of fused-ring (bicyclic) bond motifs is 1. The molecule has 5 aromatic rings. The first-order valence-corrected chi connectivity index (χ1v) is 13.1. The summed E-state index contributed by atoms with van der Waals surface area (Å²) < 4.78 is 47.3. The van der Waals surface area contributed by atoms with Gasteiger partial charge < -0.3 is 28.9 Å². The summed E-state index contributed by atoms with van der Waals surface area (Å²) in [6.07, 6.45) is 1.57. The molecule has 3 aromatic carbocycles. The van der Waals surface area contributed by atoms with Crippen LogP contribution in [-0.2, 0) is 11.8 Å². The van der Waals surface area contributed by atoms with E-state index >= 15 is 0 Å². The lowest BCUT2D eigenvalue weighted by Gasteiger charge is -2.15. The number of nitrogens with zero attached hydrogens (tertiary/aromatic N) is 1. The maximum absolute atomic E-state index is 14.5. The number of aromatic nitrogens is 1. The van der Waals surface area contributed by atoms with Crippen LogP contribution in [0, 0.1) is 25.5 Å². The number of carbonyl (C=O) groups excluding carboxylic acids is 1. The molecule has 0 spiro atoms. The van der Waals surface area contributed by atoms with Crippen molar-refractivity contribution >= 4 is 22.6 Å². The van der Waals surface area contributed by atoms with Gasteiger partial charge >= 0.3 is 0 Å². The van der Waals surface area contributed by atoms with Crippen molar-refractivity contribution in [2.45, 2.75) is 20.8 Å². The summed E-state index contributed by atoms with van der Waals surface area (Å²) in [6.45, 7) is 5.17. The van der Waals surface area contributed by atoms with Gasteiger partial charge in [0.25, 0.3) is 5.56 Å². The van der Waals surface area contributed by atoms with E-state index in [1.54, 1.807) is 37.5 Å². The number of benzene rings is 3. The molecular formula is C32H28F2N2O6. The molecule has 0 atom stereocenters. The van der Waals surface area contributed by atoms with Gasteiger partial charge in [0.15, 0.2) is 11.6 Å². The highest BCUT2D eigenvalue weighted by molar-refractivity contribution is 5.97. The van der Waals surface area contributed by atoms with Gasteiger partial charge in [-0.3, -0.25) is 9.59 Å². The second-order valence-electron chi connectivity index (χ2n) is 9.89. The summed E-state index contributed by atoms with van der Waals surface area (Å²) in [6, 6.07) is 13.1. The van der Waals surface area contributed by atoms with E-state index < -0.39 is 11.6 Å². The van der Waals surface area contributed by atoms with Crippen molar-refractivity contribution in [3.8, 4) is 39.7 Å². The van der Waals surface area contributed by atoms with Crippen molar-refractivity contribution in [3.05, 3.63) is 93.9 Å². The smallest absolute Gasteiger partial charge is 0.261 e. The number of aryl methyl sites for hydroxylation is 3. The van der Waals surface area contributed by atoms with Crippen LogP contribution in [0.2, 0.25) is 0 Å². The lowest BCUT2D eigenvalue weighted by atomic mass is 10.0. The zero-order valence-corrected chi connectivity index (χ0v) is 23.4. The van der Waals surface area contributed by atoms with Gasteiger partial charge in [-0.1, -0.05) is 0 Å². The highest BCUT2D eigenvalue weighted by atomic mass is 19.1. The second-order valence-corrected chi connectivity index (χ2v) is 9.89. The molecule has 8 nitrogen and oxygen atoms in total. The Bertz CT molecular complexity index is 1870.